The zero-order valence-electron chi connectivity index (χ0n) is 15.4. The first-order valence-corrected chi connectivity index (χ1v) is 8.74. The largest absolute Gasteiger partial charge is 0.355 e. The molecule has 0 radical (unpaired) electrons. The molecule has 0 unspecified atom stereocenters. The number of hydrogen-bond acceptors (Lipinski definition) is 2. The SMILES string of the molecule is CC/C(C)=C\c1c(N(CC)CC)nn(Cc2ccc(F)cc2)c1C. The van der Waals surface area contributed by atoms with Gasteiger partial charge in [0.2, 0.25) is 0 Å². The molecular formula is C20H28FN3. The predicted octanol–water partition coefficient (Wildman–Crippen LogP) is 5.04. The van der Waals surface area contributed by atoms with Gasteiger partial charge in [-0.1, -0.05) is 30.7 Å². The molecule has 3 nitrogen and oxygen atoms in total. The summed E-state index contributed by atoms with van der Waals surface area (Å²) in [5.74, 6) is 0.828. The van der Waals surface area contributed by atoms with Gasteiger partial charge in [0, 0.05) is 24.3 Å². The number of allylic oxidation sites excluding steroid dienone is 1. The van der Waals surface area contributed by atoms with Crippen LogP contribution < -0.4 is 4.90 Å². The summed E-state index contributed by atoms with van der Waals surface area (Å²) in [6, 6.07) is 6.64. The molecule has 4 heteroatoms. The Morgan fingerprint density at radius 2 is 1.79 bits per heavy atom. The lowest BCUT2D eigenvalue weighted by Gasteiger charge is -2.19. The zero-order chi connectivity index (χ0) is 17.7. The summed E-state index contributed by atoms with van der Waals surface area (Å²) in [4.78, 5) is 2.28. The van der Waals surface area contributed by atoms with Crippen molar-refractivity contribution in [2.75, 3.05) is 18.0 Å². The second kappa shape index (κ2) is 8.13. The third kappa shape index (κ3) is 4.05. The minimum Gasteiger partial charge on any atom is -0.355 e. The Balaban J connectivity index is 2.45. The van der Waals surface area contributed by atoms with Gasteiger partial charge in [0.05, 0.1) is 6.54 Å². The van der Waals surface area contributed by atoms with E-state index in [0.717, 1.165) is 36.6 Å². The fourth-order valence-corrected chi connectivity index (χ4v) is 2.73. The lowest BCUT2D eigenvalue weighted by atomic mass is 10.1. The van der Waals surface area contributed by atoms with Gasteiger partial charge in [-0.2, -0.15) is 5.10 Å². The molecule has 1 heterocycles. The van der Waals surface area contributed by atoms with Crippen LogP contribution in [0, 0.1) is 12.7 Å². The van der Waals surface area contributed by atoms with Crippen molar-refractivity contribution in [1.29, 1.82) is 0 Å². The first-order valence-electron chi connectivity index (χ1n) is 8.74. The van der Waals surface area contributed by atoms with Crippen LogP contribution in [0.5, 0.6) is 0 Å². The number of rotatable bonds is 7. The first kappa shape index (κ1) is 18.2. The highest BCUT2D eigenvalue weighted by Crippen LogP contribution is 2.26. The van der Waals surface area contributed by atoms with E-state index < -0.39 is 0 Å². The van der Waals surface area contributed by atoms with Crippen LogP contribution in [0.2, 0.25) is 0 Å². The standard InChI is InChI=1S/C20H28FN3/c1-6-15(4)13-19-16(5)24(22-20(19)23(7-2)8-3)14-17-9-11-18(21)12-10-17/h9-13H,6-8,14H2,1-5H3/b15-13-. The molecule has 0 fully saturated rings. The maximum atomic E-state index is 13.1. The first-order chi connectivity index (χ1) is 11.5. The molecule has 0 aliphatic carbocycles. The van der Waals surface area contributed by atoms with Crippen LogP contribution in [0.1, 0.15) is 50.9 Å². The molecule has 0 spiro atoms. The van der Waals surface area contributed by atoms with E-state index in [1.165, 1.54) is 23.3 Å². The minimum atomic E-state index is -0.207. The van der Waals surface area contributed by atoms with Gasteiger partial charge in [-0.25, -0.2) is 4.39 Å². The van der Waals surface area contributed by atoms with Crippen molar-refractivity contribution in [3.8, 4) is 0 Å². The summed E-state index contributed by atoms with van der Waals surface area (Å²) in [6.07, 6.45) is 3.28. The van der Waals surface area contributed by atoms with Gasteiger partial charge in [-0.3, -0.25) is 4.68 Å². The number of aromatic nitrogens is 2. The van der Waals surface area contributed by atoms with Crippen LogP contribution in [0.15, 0.2) is 29.8 Å². The highest BCUT2D eigenvalue weighted by Gasteiger charge is 2.17. The zero-order valence-corrected chi connectivity index (χ0v) is 15.4. The van der Waals surface area contributed by atoms with Crippen molar-refractivity contribution >= 4 is 11.9 Å². The molecule has 0 saturated carbocycles. The molecule has 2 rings (SSSR count). The van der Waals surface area contributed by atoms with E-state index >= 15 is 0 Å². The molecule has 130 valence electrons. The Labute approximate surface area is 144 Å². The van der Waals surface area contributed by atoms with Crippen LogP contribution in [-0.2, 0) is 6.54 Å². The fourth-order valence-electron chi connectivity index (χ4n) is 2.73. The Bertz CT molecular complexity index is 694. The van der Waals surface area contributed by atoms with Gasteiger partial charge in [-0.15, -0.1) is 0 Å². The van der Waals surface area contributed by atoms with E-state index in [1.54, 1.807) is 0 Å². The molecule has 0 N–H and O–H groups in total. The summed E-state index contributed by atoms with van der Waals surface area (Å²) in [7, 11) is 0. The minimum absolute atomic E-state index is 0.207. The Hall–Kier alpha value is -2.10. The topological polar surface area (TPSA) is 21.1 Å². The van der Waals surface area contributed by atoms with Gasteiger partial charge < -0.3 is 4.90 Å². The Morgan fingerprint density at radius 1 is 1.17 bits per heavy atom. The molecular weight excluding hydrogens is 301 g/mol. The van der Waals surface area contributed by atoms with Gasteiger partial charge in [-0.05, 0) is 51.8 Å². The quantitative estimate of drug-likeness (QED) is 0.709. The van der Waals surface area contributed by atoms with E-state index in [9.17, 15) is 4.39 Å². The molecule has 0 aliphatic rings. The van der Waals surface area contributed by atoms with Gasteiger partial charge in [0.15, 0.2) is 5.82 Å². The molecule has 1 aromatic carbocycles. The van der Waals surface area contributed by atoms with E-state index in [2.05, 4.69) is 45.6 Å². The van der Waals surface area contributed by atoms with E-state index in [-0.39, 0.29) is 5.82 Å². The average molecular weight is 329 g/mol. The van der Waals surface area contributed by atoms with Crippen LogP contribution in [0.4, 0.5) is 10.2 Å². The molecule has 2 aromatic rings. The van der Waals surface area contributed by atoms with Gasteiger partial charge in [0.25, 0.3) is 0 Å². The van der Waals surface area contributed by atoms with Crippen LogP contribution in [0.3, 0.4) is 0 Å². The summed E-state index contributed by atoms with van der Waals surface area (Å²) < 4.78 is 15.1. The average Bonchev–Trinajstić information content (AvgIpc) is 2.87. The van der Waals surface area contributed by atoms with Crippen molar-refractivity contribution in [2.45, 2.75) is 47.6 Å². The summed E-state index contributed by atoms with van der Waals surface area (Å²) >= 11 is 0. The van der Waals surface area contributed by atoms with Crippen LogP contribution in [0.25, 0.3) is 6.08 Å². The monoisotopic (exact) mass is 329 g/mol. The normalized spacial score (nSPS) is 11.8. The van der Waals surface area contributed by atoms with Crippen molar-refractivity contribution in [3.63, 3.8) is 0 Å². The Morgan fingerprint density at radius 3 is 2.33 bits per heavy atom. The molecule has 24 heavy (non-hydrogen) atoms. The maximum absolute atomic E-state index is 13.1. The molecule has 0 saturated heterocycles. The maximum Gasteiger partial charge on any atom is 0.158 e. The molecule has 0 aliphatic heterocycles. The third-order valence-electron chi connectivity index (χ3n) is 4.49. The van der Waals surface area contributed by atoms with Gasteiger partial charge >= 0.3 is 0 Å². The Kier molecular flexibility index (Phi) is 6.18. The number of hydrogen-bond donors (Lipinski definition) is 0. The highest BCUT2D eigenvalue weighted by atomic mass is 19.1. The number of halogens is 1. The van der Waals surface area contributed by atoms with Gasteiger partial charge in [0.1, 0.15) is 5.82 Å². The molecule has 1 aromatic heterocycles. The van der Waals surface area contributed by atoms with E-state index in [4.69, 9.17) is 5.10 Å². The second-order valence-corrected chi connectivity index (χ2v) is 6.12. The van der Waals surface area contributed by atoms with Crippen molar-refractivity contribution in [1.82, 2.24) is 9.78 Å². The van der Waals surface area contributed by atoms with Crippen LogP contribution in [-0.4, -0.2) is 22.9 Å². The van der Waals surface area contributed by atoms with E-state index in [0.29, 0.717) is 6.54 Å². The smallest absolute Gasteiger partial charge is 0.158 e. The lowest BCUT2D eigenvalue weighted by molar-refractivity contribution is 0.622. The van der Waals surface area contributed by atoms with Crippen molar-refractivity contribution in [2.24, 2.45) is 0 Å². The highest BCUT2D eigenvalue weighted by molar-refractivity contribution is 5.68. The molecule has 0 atom stereocenters. The number of nitrogens with zero attached hydrogens (tertiary/aromatic N) is 3. The predicted molar refractivity (Wildman–Crippen MR) is 100.0 cm³/mol. The van der Waals surface area contributed by atoms with E-state index in [1.807, 2.05) is 16.8 Å². The summed E-state index contributed by atoms with van der Waals surface area (Å²) in [6.45, 7) is 13.2. The second-order valence-electron chi connectivity index (χ2n) is 6.12. The van der Waals surface area contributed by atoms with Crippen LogP contribution >= 0.6 is 0 Å². The molecule has 0 amide bonds. The third-order valence-corrected chi connectivity index (χ3v) is 4.49. The number of anilines is 1. The number of benzene rings is 1. The summed E-state index contributed by atoms with van der Waals surface area (Å²) in [5.41, 5.74) is 4.73. The molecule has 0 bridgehead atoms. The van der Waals surface area contributed by atoms with Crippen molar-refractivity contribution < 1.29 is 4.39 Å². The lowest BCUT2D eigenvalue weighted by Crippen LogP contribution is -2.23. The fraction of sp³-hybridized carbons (Fsp3) is 0.450. The van der Waals surface area contributed by atoms with Crippen molar-refractivity contribution in [3.05, 3.63) is 52.5 Å². The summed E-state index contributed by atoms with van der Waals surface area (Å²) in [5, 5.41) is 4.86.